The molecule has 0 aliphatic heterocycles. The monoisotopic (exact) mass is 285 g/mol. The van der Waals surface area contributed by atoms with E-state index >= 15 is 0 Å². The minimum absolute atomic E-state index is 0.476. The highest BCUT2D eigenvalue weighted by molar-refractivity contribution is 5.21. The van der Waals surface area contributed by atoms with Gasteiger partial charge in [-0.3, -0.25) is 0 Å². The topological polar surface area (TPSA) is 29.9 Å². The minimum Gasteiger partial charge on any atom is -0.335 e. The fourth-order valence-electron chi connectivity index (χ4n) is 2.64. The van der Waals surface area contributed by atoms with Crippen LogP contribution in [0.4, 0.5) is 0 Å². The Morgan fingerprint density at radius 2 is 2.00 bits per heavy atom. The molecule has 21 heavy (non-hydrogen) atoms. The van der Waals surface area contributed by atoms with E-state index in [1.54, 1.807) is 0 Å². The van der Waals surface area contributed by atoms with Crippen LogP contribution in [-0.4, -0.2) is 22.6 Å². The summed E-state index contributed by atoms with van der Waals surface area (Å²) >= 11 is 0. The normalized spacial score (nSPS) is 12.5. The van der Waals surface area contributed by atoms with Gasteiger partial charge in [-0.1, -0.05) is 36.8 Å². The van der Waals surface area contributed by atoms with Crippen LogP contribution < -0.4 is 5.32 Å². The number of aryl methyl sites for hydroxylation is 3. The van der Waals surface area contributed by atoms with E-state index in [0.717, 1.165) is 32.2 Å². The lowest BCUT2D eigenvalue weighted by molar-refractivity contribution is 0.493. The number of benzene rings is 1. The van der Waals surface area contributed by atoms with E-state index in [1.165, 1.54) is 17.0 Å². The molecule has 0 bridgehead atoms. The number of aromatic nitrogens is 2. The number of nitrogens with zero attached hydrogens (tertiary/aromatic N) is 2. The maximum atomic E-state index is 4.51. The van der Waals surface area contributed by atoms with Crippen molar-refractivity contribution in [2.45, 2.75) is 52.1 Å². The van der Waals surface area contributed by atoms with E-state index < -0.39 is 0 Å². The Balaban J connectivity index is 1.90. The van der Waals surface area contributed by atoms with Crippen molar-refractivity contribution in [3.63, 3.8) is 0 Å². The molecular weight excluding hydrogens is 258 g/mol. The van der Waals surface area contributed by atoms with E-state index in [9.17, 15) is 0 Å². The summed E-state index contributed by atoms with van der Waals surface area (Å²) in [6.07, 6.45) is 8.40. The second-order valence-corrected chi connectivity index (χ2v) is 5.75. The van der Waals surface area contributed by atoms with Gasteiger partial charge in [0.1, 0.15) is 5.82 Å². The summed E-state index contributed by atoms with van der Waals surface area (Å²) in [7, 11) is 2.05. The summed E-state index contributed by atoms with van der Waals surface area (Å²) < 4.78 is 2.27. The summed E-state index contributed by atoms with van der Waals surface area (Å²) in [6.45, 7) is 5.40. The largest absolute Gasteiger partial charge is 0.335 e. The average molecular weight is 285 g/mol. The van der Waals surface area contributed by atoms with Gasteiger partial charge in [-0.25, -0.2) is 4.98 Å². The number of likely N-dealkylation sites (N-methyl/N-ethyl adjacent to an activating group) is 1. The van der Waals surface area contributed by atoms with Gasteiger partial charge in [-0.15, -0.1) is 0 Å². The molecule has 114 valence electrons. The Morgan fingerprint density at radius 3 is 2.67 bits per heavy atom. The standard InChI is InChI=1S/C18H27N3/c1-4-12-21-13-11-20-18(21)14-17(19-3)10-9-16-7-5-15(2)6-8-16/h5-8,11,13,17,19H,4,9-10,12,14H2,1-3H3. The molecule has 1 N–H and O–H groups in total. The first-order chi connectivity index (χ1) is 10.2. The van der Waals surface area contributed by atoms with Crippen LogP contribution in [-0.2, 0) is 19.4 Å². The van der Waals surface area contributed by atoms with Crippen molar-refractivity contribution < 1.29 is 0 Å². The Labute approximate surface area is 128 Å². The van der Waals surface area contributed by atoms with Gasteiger partial charge < -0.3 is 9.88 Å². The van der Waals surface area contributed by atoms with Crippen LogP contribution in [0.1, 0.15) is 36.7 Å². The zero-order valence-corrected chi connectivity index (χ0v) is 13.5. The number of hydrogen-bond donors (Lipinski definition) is 1. The van der Waals surface area contributed by atoms with Crippen molar-refractivity contribution in [1.82, 2.24) is 14.9 Å². The summed E-state index contributed by atoms with van der Waals surface area (Å²) in [5.41, 5.74) is 2.74. The van der Waals surface area contributed by atoms with Crippen LogP contribution >= 0.6 is 0 Å². The molecule has 0 aliphatic carbocycles. The highest BCUT2D eigenvalue weighted by atomic mass is 15.1. The molecule has 0 fully saturated rings. The third-order valence-electron chi connectivity index (χ3n) is 4.01. The van der Waals surface area contributed by atoms with E-state index in [-0.39, 0.29) is 0 Å². The van der Waals surface area contributed by atoms with Crippen LogP contribution in [0, 0.1) is 6.92 Å². The van der Waals surface area contributed by atoms with Crippen LogP contribution in [0.25, 0.3) is 0 Å². The second kappa shape index (κ2) is 7.99. The Kier molecular flexibility index (Phi) is 6.00. The lowest BCUT2D eigenvalue weighted by Gasteiger charge is -2.17. The molecule has 0 spiro atoms. The van der Waals surface area contributed by atoms with E-state index in [1.807, 2.05) is 13.2 Å². The Hall–Kier alpha value is -1.61. The second-order valence-electron chi connectivity index (χ2n) is 5.75. The maximum absolute atomic E-state index is 4.51. The third-order valence-corrected chi connectivity index (χ3v) is 4.01. The van der Waals surface area contributed by atoms with Gasteiger partial charge >= 0.3 is 0 Å². The fraction of sp³-hybridized carbons (Fsp3) is 0.500. The average Bonchev–Trinajstić information content (AvgIpc) is 2.92. The van der Waals surface area contributed by atoms with Crippen molar-refractivity contribution in [2.75, 3.05) is 7.05 Å². The quantitative estimate of drug-likeness (QED) is 0.806. The summed E-state index contributed by atoms with van der Waals surface area (Å²) in [4.78, 5) is 4.51. The Bertz CT molecular complexity index is 528. The predicted molar refractivity (Wildman–Crippen MR) is 88.6 cm³/mol. The molecule has 0 saturated heterocycles. The first-order valence-electron chi connectivity index (χ1n) is 7.95. The molecule has 0 saturated carbocycles. The van der Waals surface area contributed by atoms with Crippen molar-refractivity contribution >= 4 is 0 Å². The van der Waals surface area contributed by atoms with Crippen LogP contribution in [0.15, 0.2) is 36.7 Å². The minimum atomic E-state index is 0.476. The van der Waals surface area contributed by atoms with Crippen molar-refractivity contribution in [2.24, 2.45) is 0 Å². The van der Waals surface area contributed by atoms with Crippen molar-refractivity contribution in [3.05, 3.63) is 53.6 Å². The van der Waals surface area contributed by atoms with Gasteiger partial charge in [-0.2, -0.15) is 0 Å². The van der Waals surface area contributed by atoms with Gasteiger partial charge in [-0.05, 0) is 38.8 Å². The molecule has 0 aliphatic rings. The van der Waals surface area contributed by atoms with Crippen LogP contribution in [0.5, 0.6) is 0 Å². The lowest BCUT2D eigenvalue weighted by Crippen LogP contribution is -2.29. The number of rotatable bonds is 8. The highest BCUT2D eigenvalue weighted by Crippen LogP contribution is 2.11. The highest BCUT2D eigenvalue weighted by Gasteiger charge is 2.11. The molecule has 1 aromatic heterocycles. The smallest absolute Gasteiger partial charge is 0.110 e. The first-order valence-corrected chi connectivity index (χ1v) is 7.95. The number of imidazole rings is 1. The van der Waals surface area contributed by atoms with Gasteiger partial charge in [0.25, 0.3) is 0 Å². The molecule has 0 radical (unpaired) electrons. The van der Waals surface area contributed by atoms with Crippen LogP contribution in [0.2, 0.25) is 0 Å². The van der Waals surface area contributed by atoms with Gasteiger partial charge in [0.15, 0.2) is 0 Å². The van der Waals surface area contributed by atoms with Gasteiger partial charge in [0, 0.05) is 31.4 Å². The predicted octanol–water partition coefficient (Wildman–Crippen LogP) is 3.36. The zero-order valence-electron chi connectivity index (χ0n) is 13.5. The molecule has 1 aromatic carbocycles. The molecule has 1 atom stereocenters. The van der Waals surface area contributed by atoms with E-state index in [2.05, 4.69) is 59.2 Å². The van der Waals surface area contributed by atoms with Gasteiger partial charge in [0.05, 0.1) is 0 Å². The van der Waals surface area contributed by atoms with E-state index in [0.29, 0.717) is 6.04 Å². The lowest BCUT2D eigenvalue weighted by atomic mass is 10.0. The molecule has 2 aromatic rings. The molecule has 1 heterocycles. The maximum Gasteiger partial charge on any atom is 0.110 e. The number of hydrogen-bond acceptors (Lipinski definition) is 2. The molecule has 3 nitrogen and oxygen atoms in total. The summed E-state index contributed by atoms with van der Waals surface area (Å²) in [6, 6.07) is 9.33. The summed E-state index contributed by atoms with van der Waals surface area (Å²) in [5.74, 6) is 1.19. The SMILES string of the molecule is CCCn1ccnc1CC(CCc1ccc(C)cc1)NC. The molecule has 3 heteroatoms. The molecular formula is C18H27N3. The van der Waals surface area contributed by atoms with Crippen molar-refractivity contribution in [1.29, 1.82) is 0 Å². The zero-order chi connectivity index (χ0) is 15.1. The first kappa shape index (κ1) is 15.8. The Morgan fingerprint density at radius 1 is 1.24 bits per heavy atom. The summed E-state index contributed by atoms with van der Waals surface area (Å²) in [5, 5.41) is 3.44. The van der Waals surface area contributed by atoms with Crippen LogP contribution in [0.3, 0.4) is 0 Å². The van der Waals surface area contributed by atoms with Gasteiger partial charge in [0.2, 0.25) is 0 Å². The number of nitrogens with one attached hydrogen (secondary N) is 1. The molecule has 0 amide bonds. The molecule has 1 unspecified atom stereocenters. The fourth-order valence-corrected chi connectivity index (χ4v) is 2.64. The third kappa shape index (κ3) is 4.71. The van der Waals surface area contributed by atoms with Crippen molar-refractivity contribution in [3.8, 4) is 0 Å². The molecule has 2 rings (SSSR count). The van der Waals surface area contributed by atoms with E-state index in [4.69, 9.17) is 0 Å².